The Balaban J connectivity index is 1.53. The van der Waals surface area contributed by atoms with Gasteiger partial charge >= 0.3 is 0 Å². The number of quaternary nitrogens is 1. The standard InChI is InChI=1S/C16H18N4O2/c1-2-4-13-12(3-1)14-15(22-13)16(19-11-18-14)17-5-6-20-7-9-21-10-8-20/h1-4,11H,5-10H2,(H,17,18,19)/p+1. The number of fused-ring (bicyclic) bond motifs is 3. The van der Waals surface area contributed by atoms with E-state index in [2.05, 4.69) is 15.3 Å². The number of furan rings is 1. The predicted octanol–water partition coefficient (Wildman–Crippen LogP) is 0.703. The number of hydrogen-bond acceptors (Lipinski definition) is 5. The van der Waals surface area contributed by atoms with E-state index >= 15 is 0 Å². The Morgan fingerprint density at radius 1 is 1.14 bits per heavy atom. The third-order valence-electron chi connectivity index (χ3n) is 4.13. The molecule has 2 N–H and O–H groups in total. The van der Waals surface area contributed by atoms with Gasteiger partial charge in [-0.1, -0.05) is 12.1 Å². The van der Waals surface area contributed by atoms with Crippen LogP contribution >= 0.6 is 0 Å². The Kier molecular flexibility index (Phi) is 3.62. The number of morpholine rings is 1. The zero-order valence-corrected chi connectivity index (χ0v) is 12.3. The van der Waals surface area contributed by atoms with Crippen LogP contribution in [-0.2, 0) is 4.74 Å². The van der Waals surface area contributed by atoms with Crippen molar-refractivity contribution in [1.29, 1.82) is 0 Å². The molecule has 114 valence electrons. The van der Waals surface area contributed by atoms with Crippen LogP contribution in [0, 0.1) is 0 Å². The molecule has 0 aliphatic carbocycles. The van der Waals surface area contributed by atoms with Crippen molar-refractivity contribution in [2.45, 2.75) is 0 Å². The first-order valence-corrected chi connectivity index (χ1v) is 7.69. The number of rotatable bonds is 4. The molecule has 0 bridgehead atoms. The van der Waals surface area contributed by atoms with Gasteiger partial charge in [0.25, 0.3) is 0 Å². The lowest BCUT2D eigenvalue weighted by Crippen LogP contribution is -3.14. The first-order chi connectivity index (χ1) is 10.9. The van der Waals surface area contributed by atoms with E-state index in [4.69, 9.17) is 9.15 Å². The highest BCUT2D eigenvalue weighted by molar-refractivity contribution is 6.05. The SMILES string of the molecule is c1ccc2c(c1)oc1c(NCC[NH+]3CCOCC3)ncnc12. The van der Waals surface area contributed by atoms with E-state index in [9.17, 15) is 0 Å². The Labute approximate surface area is 128 Å². The summed E-state index contributed by atoms with van der Waals surface area (Å²) in [5, 5.41) is 4.42. The summed E-state index contributed by atoms with van der Waals surface area (Å²) in [4.78, 5) is 10.3. The smallest absolute Gasteiger partial charge is 0.196 e. The minimum absolute atomic E-state index is 0.737. The number of anilines is 1. The molecule has 4 rings (SSSR count). The predicted molar refractivity (Wildman–Crippen MR) is 84.2 cm³/mol. The van der Waals surface area contributed by atoms with E-state index in [1.807, 2.05) is 24.3 Å². The van der Waals surface area contributed by atoms with Gasteiger partial charge in [-0.05, 0) is 12.1 Å². The first-order valence-electron chi connectivity index (χ1n) is 7.69. The van der Waals surface area contributed by atoms with Crippen molar-refractivity contribution in [2.75, 3.05) is 44.7 Å². The fourth-order valence-corrected chi connectivity index (χ4v) is 2.92. The average Bonchev–Trinajstić information content (AvgIpc) is 2.96. The number of aromatic nitrogens is 2. The topological polar surface area (TPSA) is 64.6 Å². The van der Waals surface area contributed by atoms with Crippen LogP contribution in [0.1, 0.15) is 0 Å². The monoisotopic (exact) mass is 299 g/mol. The minimum Gasteiger partial charge on any atom is -0.450 e. The van der Waals surface area contributed by atoms with Crippen LogP contribution in [-0.4, -0.2) is 49.4 Å². The van der Waals surface area contributed by atoms with Gasteiger partial charge in [-0.2, -0.15) is 0 Å². The van der Waals surface area contributed by atoms with Crippen LogP contribution in [0.4, 0.5) is 5.82 Å². The van der Waals surface area contributed by atoms with Crippen LogP contribution in [0.25, 0.3) is 22.1 Å². The van der Waals surface area contributed by atoms with E-state index in [0.717, 1.165) is 67.3 Å². The maximum Gasteiger partial charge on any atom is 0.196 e. The normalized spacial score (nSPS) is 16.4. The minimum atomic E-state index is 0.737. The number of para-hydroxylation sites is 1. The van der Waals surface area contributed by atoms with Crippen molar-refractivity contribution in [3.63, 3.8) is 0 Å². The second-order valence-electron chi connectivity index (χ2n) is 5.54. The molecule has 0 unspecified atom stereocenters. The van der Waals surface area contributed by atoms with Gasteiger partial charge in [-0.15, -0.1) is 0 Å². The van der Waals surface area contributed by atoms with Crippen LogP contribution in [0.15, 0.2) is 35.0 Å². The van der Waals surface area contributed by atoms with Gasteiger partial charge in [0.15, 0.2) is 11.4 Å². The van der Waals surface area contributed by atoms with E-state index < -0.39 is 0 Å². The Hall–Kier alpha value is -2.18. The molecule has 1 fully saturated rings. The maximum atomic E-state index is 5.91. The summed E-state index contributed by atoms with van der Waals surface area (Å²) in [6.07, 6.45) is 1.59. The number of nitrogens with one attached hydrogen (secondary N) is 2. The third kappa shape index (κ3) is 2.51. The molecule has 6 nitrogen and oxygen atoms in total. The first kappa shape index (κ1) is 13.5. The molecule has 1 aromatic carbocycles. The quantitative estimate of drug-likeness (QED) is 0.742. The van der Waals surface area contributed by atoms with Crippen molar-refractivity contribution >= 4 is 27.9 Å². The molecule has 1 aliphatic heterocycles. The second kappa shape index (κ2) is 5.90. The van der Waals surface area contributed by atoms with Crippen LogP contribution < -0.4 is 10.2 Å². The summed E-state index contributed by atoms with van der Waals surface area (Å²) in [6, 6.07) is 7.94. The van der Waals surface area contributed by atoms with E-state index in [0.29, 0.717) is 0 Å². The largest absolute Gasteiger partial charge is 0.450 e. The van der Waals surface area contributed by atoms with Crippen LogP contribution in [0.5, 0.6) is 0 Å². The Morgan fingerprint density at radius 3 is 2.91 bits per heavy atom. The molecule has 0 atom stereocenters. The lowest BCUT2D eigenvalue weighted by molar-refractivity contribution is -0.906. The summed E-state index contributed by atoms with van der Waals surface area (Å²) >= 11 is 0. The lowest BCUT2D eigenvalue weighted by atomic mass is 10.2. The molecule has 1 saturated heterocycles. The molecule has 1 aliphatic rings. The van der Waals surface area contributed by atoms with Crippen molar-refractivity contribution in [3.05, 3.63) is 30.6 Å². The summed E-state index contributed by atoms with van der Waals surface area (Å²) in [5.74, 6) is 0.772. The zero-order valence-electron chi connectivity index (χ0n) is 12.3. The van der Waals surface area contributed by atoms with E-state index in [-0.39, 0.29) is 0 Å². The van der Waals surface area contributed by atoms with Gasteiger partial charge < -0.3 is 19.4 Å². The highest BCUT2D eigenvalue weighted by Crippen LogP contribution is 2.29. The molecular weight excluding hydrogens is 280 g/mol. The highest BCUT2D eigenvalue weighted by Gasteiger charge is 2.15. The number of ether oxygens (including phenoxy) is 1. The second-order valence-corrected chi connectivity index (χ2v) is 5.54. The summed E-state index contributed by atoms with van der Waals surface area (Å²) < 4.78 is 11.3. The molecular formula is C16H19N4O2+. The van der Waals surface area contributed by atoms with Crippen molar-refractivity contribution in [1.82, 2.24) is 9.97 Å². The summed E-state index contributed by atoms with van der Waals surface area (Å²) in [5.41, 5.74) is 2.45. The molecule has 0 saturated carbocycles. The van der Waals surface area contributed by atoms with E-state index in [1.54, 1.807) is 11.2 Å². The van der Waals surface area contributed by atoms with E-state index in [1.165, 1.54) is 0 Å². The molecule has 6 heteroatoms. The van der Waals surface area contributed by atoms with Gasteiger partial charge in [0, 0.05) is 5.39 Å². The summed E-state index contributed by atoms with van der Waals surface area (Å²) in [6.45, 7) is 5.78. The van der Waals surface area contributed by atoms with Crippen molar-refractivity contribution in [2.24, 2.45) is 0 Å². The van der Waals surface area contributed by atoms with Gasteiger partial charge in [-0.25, -0.2) is 9.97 Å². The Morgan fingerprint density at radius 2 is 2.00 bits per heavy atom. The fourth-order valence-electron chi connectivity index (χ4n) is 2.92. The van der Waals surface area contributed by atoms with Gasteiger partial charge in [0.1, 0.15) is 30.5 Å². The van der Waals surface area contributed by atoms with Gasteiger partial charge in [-0.3, -0.25) is 0 Å². The Bertz CT molecular complexity index is 780. The number of nitrogens with zero attached hydrogens (tertiary/aromatic N) is 2. The lowest BCUT2D eigenvalue weighted by Gasteiger charge is -2.23. The van der Waals surface area contributed by atoms with Crippen LogP contribution in [0.2, 0.25) is 0 Å². The number of benzene rings is 1. The molecule has 22 heavy (non-hydrogen) atoms. The average molecular weight is 299 g/mol. The fraction of sp³-hybridized carbons (Fsp3) is 0.375. The van der Waals surface area contributed by atoms with Crippen LogP contribution in [0.3, 0.4) is 0 Å². The van der Waals surface area contributed by atoms with Crippen molar-refractivity contribution < 1.29 is 14.1 Å². The summed E-state index contributed by atoms with van der Waals surface area (Å²) in [7, 11) is 0. The zero-order chi connectivity index (χ0) is 14.8. The van der Waals surface area contributed by atoms with Gasteiger partial charge in [0.2, 0.25) is 0 Å². The van der Waals surface area contributed by atoms with Gasteiger partial charge in [0.05, 0.1) is 26.3 Å². The molecule has 0 spiro atoms. The maximum absolute atomic E-state index is 5.91. The highest BCUT2D eigenvalue weighted by atomic mass is 16.5. The number of hydrogen-bond donors (Lipinski definition) is 2. The molecule has 3 aromatic rings. The van der Waals surface area contributed by atoms with Crippen molar-refractivity contribution in [3.8, 4) is 0 Å². The molecule has 0 amide bonds. The molecule has 2 aromatic heterocycles. The molecule has 0 radical (unpaired) electrons. The molecule has 3 heterocycles. The third-order valence-corrected chi connectivity index (χ3v) is 4.13.